The van der Waals surface area contributed by atoms with E-state index >= 15 is 0 Å². The molecule has 0 fully saturated rings. The Bertz CT molecular complexity index is 2180. The number of amides is 4. The minimum atomic E-state index is -1.21. The zero-order valence-electron chi connectivity index (χ0n) is 32.2. The number of aromatic nitrogens is 4. The highest BCUT2D eigenvalue weighted by atomic mass is 33.1. The van der Waals surface area contributed by atoms with Gasteiger partial charge in [-0.25, -0.2) is 14.5 Å². The summed E-state index contributed by atoms with van der Waals surface area (Å²) in [6.07, 6.45) is 4.62. The summed E-state index contributed by atoms with van der Waals surface area (Å²) >= 11 is 0. The molecule has 2 aromatic carbocycles. The fourth-order valence-electron chi connectivity index (χ4n) is 5.82. The van der Waals surface area contributed by atoms with Gasteiger partial charge in [0.1, 0.15) is 31.3 Å². The maximum absolute atomic E-state index is 14.3. The van der Waals surface area contributed by atoms with E-state index in [1.807, 2.05) is 48.5 Å². The molecule has 0 radical (unpaired) electrons. The summed E-state index contributed by atoms with van der Waals surface area (Å²) in [7, 11) is 2.39. The van der Waals surface area contributed by atoms with Gasteiger partial charge in [-0.15, -0.1) is 0 Å². The largest absolute Gasteiger partial charge is 0.445 e. The molecule has 0 saturated heterocycles. The molecular formula is C44H42N8O6S2. The van der Waals surface area contributed by atoms with E-state index in [0.717, 1.165) is 16.0 Å². The molecule has 4 amide bonds. The van der Waals surface area contributed by atoms with Crippen LogP contribution in [0.5, 0.6) is 0 Å². The Morgan fingerprint density at radius 3 is 1.50 bits per heavy atom. The first-order valence-electron chi connectivity index (χ1n) is 18.8. The number of imide groups is 1. The van der Waals surface area contributed by atoms with Crippen LogP contribution in [0, 0.1) is 0 Å². The Morgan fingerprint density at radius 2 is 1.02 bits per heavy atom. The molecule has 0 saturated carbocycles. The summed E-state index contributed by atoms with van der Waals surface area (Å²) in [6, 6.07) is 35.1. The van der Waals surface area contributed by atoms with Crippen molar-refractivity contribution in [3.05, 3.63) is 192 Å². The first-order valence-corrected chi connectivity index (χ1v) is 21.3. The van der Waals surface area contributed by atoms with Crippen molar-refractivity contribution in [1.82, 2.24) is 35.5 Å². The Hall–Kier alpha value is -6.62. The molecule has 6 aromatic rings. The first kappa shape index (κ1) is 43.0. The molecule has 0 aliphatic heterocycles. The number of ether oxygens (including phenoxy) is 2. The summed E-state index contributed by atoms with van der Waals surface area (Å²) in [4.78, 5) is 74.1. The quantitative estimate of drug-likeness (QED) is 0.0634. The number of carbonyl (C=O) groups excluding carboxylic acids is 4. The Labute approximate surface area is 355 Å². The number of hydrogen-bond donors (Lipinski definition) is 3. The number of nitrogens with one attached hydrogen (secondary N) is 2. The van der Waals surface area contributed by atoms with Crippen molar-refractivity contribution >= 4 is 45.6 Å². The molecular weight excluding hydrogens is 801 g/mol. The van der Waals surface area contributed by atoms with Crippen molar-refractivity contribution in [2.45, 2.75) is 37.4 Å². The third kappa shape index (κ3) is 12.4. The van der Waals surface area contributed by atoms with Crippen LogP contribution in [0.1, 0.15) is 46.0 Å². The van der Waals surface area contributed by atoms with E-state index in [9.17, 15) is 19.2 Å². The molecule has 60 heavy (non-hydrogen) atoms. The Kier molecular flexibility index (Phi) is 16.1. The van der Waals surface area contributed by atoms with Crippen LogP contribution in [0.15, 0.2) is 158 Å². The Balaban J connectivity index is 1.17. The van der Waals surface area contributed by atoms with Gasteiger partial charge in [0.15, 0.2) is 0 Å². The van der Waals surface area contributed by atoms with Crippen molar-refractivity contribution in [2.75, 3.05) is 11.5 Å². The molecule has 14 nitrogen and oxygen atoms in total. The number of nitrogens with two attached hydrogens (primary N) is 1. The van der Waals surface area contributed by atoms with E-state index in [4.69, 9.17) is 15.2 Å². The van der Waals surface area contributed by atoms with Gasteiger partial charge in [0, 0.05) is 36.3 Å². The molecule has 2 atom stereocenters. The third-order valence-electron chi connectivity index (χ3n) is 8.79. The summed E-state index contributed by atoms with van der Waals surface area (Å²) in [5, 5.41) is 5.67. The van der Waals surface area contributed by atoms with Crippen molar-refractivity contribution in [2.24, 2.45) is 5.73 Å². The van der Waals surface area contributed by atoms with Crippen molar-refractivity contribution in [1.29, 1.82) is 0 Å². The van der Waals surface area contributed by atoms with Gasteiger partial charge in [0.05, 0.1) is 28.8 Å². The van der Waals surface area contributed by atoms with E-state index in [1.54, 1.807) is 110 Å². The standard InChI is InChI=1S/C44H42N8O6S2/c45-33(42(54)52(44(56)58-28-32-17-5-2-6-18-32)40(36-21-9-13-25-48-36)37-22-10-14-26-49-37)29-59-60-30-38(50-43(55)57-27-31-15-3-1-4-16-31)41(53)51-39(34-19-7-11-23-46-34)35-20-8-12-24-47-35/h1-26,33,38-40H,27-30,45H2,(H,50,55)(H,51,53)/t33-,38?/m0/s1. The van der Waals surface area contributed by atoms with Crippen LogP contribution < -0.4 is 16.4 Å². The van der Waals surface area contributed by atoms with Crippen molar-refractivity contribution in [3.63, 3.8) is 0 Å². The van der Waals surface area contributed by atoms with Crippen molar-refractivity contribution in [3.8, 4) is 0 Å². The lowest BCUT2D eigenvalue weighted by atomic mass is 10.1. The topological polar surface area (TPSA) is 192 Å². The highest BCUT2D eigenvalue weighted by Crippen LogP contribution is 2.30. The normalized spacial score (nSPS) is 11.9. The first-order chi connectivity index (χ1) is 29.4. The predicted molar refractivity (Wildman–Crippen MR) is 229 cm³/mol. The van der Waals surface area contributed by atoms with Crippen LogP contribution in [0.2, 0.25) is 0 Å². The van der Waals surface area contributed by atoms with E-state index in [2.05, 4.69) is 30.6 Å². The lowest BCUT2D eigenvalue weighted by molar-refractivity contribution is -0.132. The van der Waals surface area contributed by atoms with Crippen LogP contribution in [0.4, 0.5) is 9.59 Å². The van der Waals surface area contributed by atoms with Crippen LogP contribution in [0.3, 0.4) is 0 Å². The van der Waals surface area contributed by atoms with Gasteiger partial charge in [0.2, 0.25) is 5.91 Å². The zero-order valence-corrected chi connectivity index (χ0v) is 33.9. The van der Waals surface area contributed by atoms with Gasteiger partial charge in [-0.1, -0.05) is 107 Å². The van der Waals surface area contributed by atoms with E-state index in [0.29, 0.717) is 22.8 Å². The third-order valence-corrected chi connectivity index (χ3v) is 11.2. The van der Waals surface area contributed by atoms with E-state index < -0.39 is 48.2 Å². The van der Waals surface area contributed by atoms with Crippen LogP contribution in [-0.2, 0) is 32.3 Å². The van der Waals surface area contributed by atoms with E-state index in [-0.39, 0.29) is 24.7 Å². The maximum Gasteiger partial charge on any atom is 0.417 e. The van der Waals surface area contributed by atoms with Gasteiger partial charge in [0.25, 0.3) is 5.91 Å². The minimum absolute atomic E-state index is 0.00730. The molecule has 6 rings (SSSR count). The molecule has 306 valence electrons. The minimum Gasteiger partial charge on any atom is -0.445 e. The SMILES string of the molecule is N[C@@H](CSSCC(NC(=O)OCc1ccccc1)C(=O)NC(c1ccccn1)c1ccccn1)C(=O)N(C(=O)OCc1ccccc1)C(c1ccccn1)c1ccccn1. The molecule has 16 heteroatoms. The maximum atomic E-state index is 14.3. The van der Waals surface area contributed by atoms with Crippen molar-refractivity contribution < 1.29 is 28.7 Å². The molecule has 0 bridgehead atoms. The lowest BCUT2D eigenvalue weighted by Crippen LogP contribution is -2.50. The molecule has 0 spiro atoms. The molecule has 4 N–H and O–H groups in total. The van der Waals surface area contributed by atoms with Gasteiger partial charge in [-0.2, -0.15) is 0 Å². The second-order valence-electron chi connectivity index (χ2n) is 13.0. The molecule has 1 unspecified atom stereocenters. The summed E-state index contributed by atoms with van der Waals surface area (Å²) < 4.78 is 11.1. The number of rotatable bonds is 18. The lowest BCUT2D eigenvalue weighted by Gasteiger charge is -2.30. The van der Waals surface area contributed by atoms with Gasteiger partial charge in [-0.05, 0) is 59.7 Å². The highest BCUT2D eigenvalue weighted by molar-refractivity contribution is 8.76. The van der Waals surface area contributed by atoms with Crippen LogP contribution in [0.25, 0.3) is 0 Å². The van der Waals surface area contributed by atoms with E-state index in [1.165, 1.54) is 21.6 Å². The second-order valence-corrected chi connectivity index (χ2v) is 15.6. The zero-order chi connectivity index (χ0) is 41.9. The number of pyridine rings is 4. The average molecular weight is 843 g/mol. The van der Waals surface area contributed by atoms with Crippen LogP contribution in [-0.4, -0.2) is 72.4 Å². The number of alkyl carbamates (subject to hydrolysis) is 1. The average Bonchev–Trinajstić information content (AvgIpc) is 3.30. The second kappa shape index (κ2) is 22.5. The molecule has 0 aliphatic rings. The van der Waals surface area contributed by atoms with Gasteiger partial charge >= 0.3 is 12.2 Å². The number of benzene rings is 2. The highest BCUT2D eigenvalue weighted by Gasteiger charge is 2.38. The number of hydrogen-bond acceptors (Lipinski definition) is 13. The van der Waals surface area contributed by atoms with Gasteiger partial charge in [-0.3, -0.25) is 29.5 Å². The molecule has 0 aliphatic carbocycles. The summed E-state index contributed by atoms with van der Waals surface area (Å²) in [5.41, 5.74) is 9.89. The number of carbonyl (C=O) groups is 4. The van der Waals surface area contributed by atoms with Gasteiger partial charge < -0.3 is 25.8 Å². The monoisotopic (exact) mass is 842 g/mol. The predicted octanol–water partition coefficient (Wildman–Crippen LogP) is 6.43. The molecule has 4 aromatic heterocycles. The summed E-state index contributed by atoms with van der Waals surface area (Å²) in [5.74, 6) is -1.20. The Morgan fingerprint density at radius 1 is 0.567 bits per heavy atom. The fraction of sp³-hybridized carbons (Fsp3) is 0.182. The molecule has 4 heterocycles. The smallest absolute Gasteiger partial charge is 0.417 e. The fourth-order valence-corrected chi connectivity index (χ4v) is 8.09. The summed E-state index contributed by atoms with van der Waals surface area (Å²) in [6.45, 7) is -0.0984. The van der Waals surface area contributed by atoms with Crippen LogP contribution >= 0.6 is 21.6 Å². The number of nitrogens with zero attached hydrogens (tertiary/aromatic N) is 5.